The van der Waals surface area contributed by atoms with Crippen molar-refractivity contribution >= 4 is 17.8 Å². The zero-order chi connectivity index (χ0) is 18.8. The van der Waals surface area contributed by atoms with Crippen LogP contribution >= 0.6 is 0 Å². The first-order valence-corrected chi connectivity index (χ1v) is 7.34. The van der Waals surface area contributed by atoms with Crippen LogP contribution in [0.5, 0.6) is 5.75 Å². The zero-order valence-electron chi connectivity index (χ0n) is 13.0. The molecule has 0 bridgehead atoms. The van der Waals surface area contributed by atoms with Crippen molar-refractivity contribution in [1.29, 1.82) is 0 Å². The fourth-order valence-corrected chi connectivity index (χ4v) is 2.41. The summed E-state index contributed by atoms with van der Waals surface area (Å²) in [4.78, 5) is 34.8. The predicted molar refractivity (Wildman–Crippen MR) is 83.5 cm³/mol. The number of imide groups is 1. The number of hydrogen-bond acceptors (Lipinski definition) is 5. The highest BCUT2D eigenvalue weighted by atomic mass is 19.2. The first kappa shape index (κ1) is 17.3. The lowest BCUT2D eigenvalue weighted by Crippen LogP contribution is -2.36. The monoisotopic (exact) mass is 363 g/mol. The third kappa shape index (κ3) is 3.43. The minimum atomic E-state index is -1.07. The van der Waals surface area contributed by atoms with E-state index in [1.165, 1.54) is 18.2 Å². The van der Waals surface area contributed by atoms with Crippen molar-refractivity contribution in [1.82, 2.24) is 10.2 Å². The molecule has 0 saturated carbocycles. The maximum Gasteiger partial charge on any atom is 0.423 e. The van der Waals surface area contributed by atoms with Gasteiger partial charge in [0, 0.05) is 12.1 Å². The van der Waals surface area contributed by atoms with E-state index in [0.717, 1.165) is 29.2 Å². The van der Waals surface area contributed by atoms with Gasteiger partial charge in [-0.1, -0.05) is 6.07 Å². The molecule has 8 nitrogen and oxygen atoms in total. The largest absolute Gasteiger partial charge is 0.423 e. The first-order valence-electron chi connectivity index (χ1n) is 7.34. The van der Waals surface area contributed by atoms with Crippen molar-refractivity contribution in [3.05, 3.63) is 69.8 Å². The lowest BCUT2D eigenvalue weighted by atomic mass is 10.1. The van der Waals surface area contributed by atoms with Gasteiger partial charge in [-0.15, -0.1) is 0 Å². The lowest BCUT2D eigenvalue weighted by Gasteiger charge is -2.13. The summed E-state index contributed by atoms with van der Waals surface area (Å²) in [5.41, 5.74) is 0.116. The molecular formula is C16H11F2N3O5. The van der Waals surface area contributed by atoms with Crippen molar-refractivity contribution in [3.63, 3.8) is 0 Å². The van der Waals surface area contributed by atoms with Gasteiger partial charge in [0.15, 0.2) is 11.6 Å². The number of rotatable bonds is 3. The van der Waals surface area contributed by atoms with E-state index in [1.54, 1.807) is 0 Å². The van der Waals surface area contributed by atoms with E-state index < -0.39 is 34.7 Å². The molecule has 1 unspecified atom stereocenters. The van der Waals surface area contributed by atoms with Crippen LogP contribution in [0.25, 0.3) is 0 Å². The van der Waals surface area contributed by atoms with Crippen molar-refractivity contribution < 1.29 is 28.0 Å². The van der Waals surface area contributed by atoms with Crippen LogP contribution in [0.15, 0.2) is 42.5 Å². The maximum atomic E-state index is 13.3. The summed E-state index contributed by atoms with van der Waals surface area (Å²) in [6.45, 7) is -0.143. The number of urea groups is 1. The zero-order valence-corrected chi connectivity index (χ0v) is 13.0. The normalized spacial score (nSPS) is 16.3. The van der Waals surface area contributed by atoms with Crippen LogP contribution in [0, 0.1) is 21.7 Å². The molecule has 1 fully saturated rings. The summed E-state index contributed by atoms with van der Waals surface area (Å²) < 4.78 is 31.3. The van der Waals surface area contributed by atoms with E-state index in [9.17, 15) is 28.5 Å². The molecule has 2 aromatic carbocycles. The molecule has 2 aromatic rings. The highest BCUT2D eigenvalue weighted by molar-refractivity contribution is 5.93. The number of nitrogens with one attached hydrogen (secondary N) is 1. The van der Waals surface area contributed by atoms with Crippen LogP contribution in [0.4, 0.5) is 24.1 Å². The molecule has 10 heteroatoms. The van der Waals surface area contributed by atoms with E-state index in [2.05, 4.69) is 5.32 Å². The summed E-state index contributed by atoms with van der Waals surface area (Å²) in [5.74, 6) is -2.07. The van der Waals surface area contributed by atoms with Gasteiger partial charge >= 0.3 is 12.1 Å². The van der Waals surface area contributed by atoms with Gasteiger partial charge in [0.2, 0.25) is 0 Å². The van der Waals surface area contributed by atoms with Crippen molar-refractivity contribution in [3.8, 4) is 5.75 Å². The molecule has 3 rings (SSSR count). The Morgan fingerprint density at radius 2 is 1.88 bits per heavy atom. The molecule has 1 saturated heterocycles. The Labute approximate surface area is 145 Å². The molecule has 1 N–H and O–H groups in total. The Morgan fingerprint density at radius 3 is 2.50 bits per heavy atom. The Morgan fingerprint density at radius 1 is 1.19 bits per heavy atom. The molecule has 1 aliphatic rings. The second-order valence-electron chi connectivity index (χ2n) is 5.41. The smallest absolute Gasteiger partial charge is 0.410 e. The fraction of sp³-hybridized carbons (Fsp3) is 0.125. The highest BCUT2D eigenvalue weighted by Crippen LogP contribution is 2.24. The average Bonchev–Trinajstić information content (AvgIpc) is 2.99. The van der Waals surface area contributed by atoms with Crippen LogP contribution in [-0.2, 0) is 0 Å². The standard InChI is InChI=1S/C16H11F2N3O5/c17-12-6-1-9(7-13(12)18)14-8-20(15(22)19-14)16(23)26-11-4-2-10(3-5-11)21(24)25/h1-7,14H,8H2,(H,19,22). The van der Waals surface area contributed by atoms with Crippen LogP contribution in [0.1, 0.15) is 11.6 Å². The van der Waals surface area contributed by atoms with Crippen LogP contribution in [0.2, 0.25) is 0 Å². The van der Waals surface area contributed by atoms with Gasteiger partial charge in [-0.25, -0.2) is 23.3 Å². The molecule has 26 heavy (non-hydrogen) atoms. The topological polar surface area (TPSA) is 102 Å². The summed E-state index contributed by atoms with van der Waals surface area (Å²) in [6.07, 6.45) is -0.999. The number of amides is 3. The molecule has 1 atom stereocenters. The molecule has 0 aromatic heterocycles. The van der Waals surface area contributed by atoms with E-state index in [-0.39, 0.29) is 18.0 Å². The van der Waals surface area contributed by atoms with Gasteiger partial charge in [0.25, 0.3) is 5.69 Å². The van der Waals surface area contributed by atoms with Gasteiger partial charge in [-0.05, 0) is 29.8 Å². The lowest BCUT2D eigenvalue weighted by molar-refractivity contribution is -0.384. The molecule has 134 valence electrons. The minimum Gasteiger partial charge on any atom is -0.410 e. The summed E-state index contributed by atoms with van der Waals surface area (Å²) >= 11 is 0. The van der Waals surface area contributed by atoms with Gasteiger partial charge in [0.1, 0.15) is 5.75 Å². The Balaban J connectivity index is 1.69. The van der Waals surface area contributed by atoms with Gasteiger partial charge in [-0.3, -0.25) is 10.1 Å². The molecule has 1 heterocycles. The molecule has 1 aliphatic heterocycles. The molecular weight excluding hydrogens is 352 g/mol. The number of carbonyl (C=O) groups excluding carboxylic acids is 2. The van der Waals surface area contributed by atoms with E-state index in [0.29, 0.717) is 5.56 Å². The highest BCUT2D eigenvalue weighted by Gasteiger charge is 2.35. The summed E-state index contributed by atoms with van der Waals surface area (Å²) in [7, 11) is 0. The number of nitro benzene ring substituents is 1. The summed E-state index contributed by atoms with van der Waals surface area (Å²) in [5, 5.41) is 13.1. The van der Waals surface area contributed by atoms with Crippen molar-refractivity contribution in [2.24, 2.45) is 0 Å². The third-order valence-corrected chi connectivity index (χ3v) is 3.73. The second kappa shape index (κ2) is 6.75. The molecule has 3 amide bonds. The maximum absolute atomic E-state index is 13.3. The number of nitro groups is 1. The Kier molecular flexibility index (Phi) is 4.48. The second-order valence-corrected chi connectivity index (χ2v) is 5.41. The Hall–Kier alpha value is -3.56. The minimum absolute atomic E-state index is 0.0182. The van der Waals surface area contributed by atoms with Crippen molar-refractivity contribution in [2.75, 3.05) is 6.54 Å². The van der Waals surface area contributed by atoms with Gasteiger partial charge in [0.05, 0.1) is 17.5 Å². The number of nitrogens with zero attached hydrogens (tertiary/aromatic N) is 2. The van der Waals surface area contributed by atoms with E-state index >= 15 is 0 Å². The number of ether oxygens (including phenoxy) is 1. The quantitative estimate of drug-likeness (QED) is 0.667. The number of halogens is 2. The number of benzene rings is 2. The number of carbonyl (C=O) groups is 2. The summed E-state index contributed by atoms with van der Waals surface area (Å²) in [6, 6.07) is 6.42. The van der Waals surface area contributed by atoms with E-state index in [1.807, 2.05) is 0 Å². The van der Waals surface area contributed by atoms with Crippen LogP contribution < -0.4 is 10.1 Å². The molecule has 0 spiro atoms. The number of non-ortho nitro benzene ring substituents is 1. The van der Waals surface area contributed by atoms with Crippen LogP contribution in [0.3, 0.4) is 0 Å². The molecule has 0 aliphatic carbocycles. The van der Waals surface area contributed by atoms with Crippen molar-refractivity contribution in [2.45, 2.75) is 6.04 Å². The average molecular weight is 363 g/mol. The SMILES string of the molecule is O=C1NC(c2ccc(F)c(F)c2)CN1C(=O)Oc1ccc([N+](=O)[O-])cc1. The van der Waals surface area contributed by atoms with Crippen LogP contribution in [-0.4, -0.2) is 28.5 Å². The Bertz CT molecular complexity index is 888. The van der Waals surface area contributed by atoms with Gasteiger partial charge < -0.3 is 10.1 Å². The molecule has 0 radical (unpaired) electrons. The van der Waals surface area contributed by atoms with E-state index in [4.69, 9.17) is 4.74 Å². The third-order valence-electron chi connectivity index (χ3n) is 3.73. The fourth-order valence-electron chi connectivity index (χ4n) is 2.41. The predicted octanol–water partition coefficient (Wildman–Crippen LogP) is 3.14. The number of hydrogen-bond donors (Lipinski definition) is 1. The van der Waals surface area contributed by atoms with Gasteiger partial charge in [-0.2, -0.15) is 0 Å². The first-order chi connectivity index (χ1) is 12.3.